The summed E-state index contributed by atoms with van der Waals surface area (Å²) in [7, 11) is -0.0397. The lowest BCUT2D eigenvalue weighted by atomic mass is 10.5. The zero-order valence-electron chi connectivity index (χ0n) is 4.63. The van der Waals surface area contributed by atoms with Crippen LogP contribution in [-0.2, 0) is 4.74 Å². The van der Waals surface area contributed by atoms with Gasteiger partial charge in [-0.25, -0.2) is 0 Å². The summed E-state index contributed by atoms with van der Waals surface area (Å²) >= 11 is 0. The average Bonchev–Trinajstić information content (AvgIpc) is 1.90. The molecule has 1 rings (SSSR count). The second kappa shape index (κ2) is 3.19. The maximum Gasteiger partial charge on any atom is 0.337 e. The number of ether oxygens (including phenoxy) is 1. The van der Waals surface area contributed by atoms with E-state index in [-0.39, 0.29) is 9.92 Å². The van der Waals surface area contributed by atoms with E-state index in [2.05, 4.69) is 0 Å². The van der Waals surface area contributed by atoms with E-state index in [1.165, 1.54) is 0 Å². The zero-order chi connectivity index (χ0) is 5.82. The predicted octanol–water partition coefficient (Wildman–Crippen LogP) is -1.15. The third kappa shape index (κ3) is 1.55. The fourth-order valence-electron chi connectivity index (χ4n) is 0.663. The first-order valence-corrected chi connectivity index (χ1v) is 3.55. The second-order valence-electron chi connectivity index (χ2n) is 1.70. The van der Waals surface area contributed by atoms with E-state index in [1.807, 2.05) is 4.57 Å². The maximum absolute atomic E-state index is 8.59. The highest BCUT2D eigenvalue weighted by Gasteiger charge is 2.08. The van der Waals surface area contributed by atoms with Crippen LogP contribution in [0, 0.1) is 0 Å². The molecule has 1 fully saturated rings. The Morgan fingerprint density at radius 2 is 2.00 bits per heavy atom. The van der Waals surface area contributed by atoms with Crippen molar-refractivity contribution in [2.24, 2.45) is 0 Å². The molecule has 0 aliphatic carbocycles. The minimum absolute atomic E-state index is 0.0397. The third-order valence-corrected chi connectivity index (χ3v) is 1.88. The molecule has 0 atom stereocenters. The molecule has 1 heterocycles. The van der Waals surface area contributed by atoms with E-state index < -0.39 is 0 Å². The molecule has 0 aromatic carbocycles. The molecule has 0 amide bonds. The Balaban J connectivity index is 2.13. The van der Waals surface area contributed by atoms with Gasteiger partial charge >= 0.3 is 9.92 Å². The van der Waals surface area contributed by atoms with Gasteiger partial charge in [0.15, 0.2) is 0 Å². The van der Waals surface area contributed by atoms with Gasteiger partial charge in [0.1, 0.15) is 0 Å². The Morgan fingerprint density at radius 1 is 1.38 bits per heavy atom. The van der Waals surface area contributed by atoms with Crippen molar-refractivity contribution < 1.29 is 9.53 Å². The van der Waals surface area contributed by atoms with Crippen molar-refractivity contribution in [1.29, 1.82) is 0 Å². The third-order valence-electron chi connectivity index (χ3n) is 1.15. The van der Waals surface area contributed by atoms with E-state index in [1.54, 1.807) is 0 Å². The van der Waals surface area contributed by atoms with Crippen LogP contribution < -0.4 is 0 Å². The van der Waals surface area contributed by atoms with Crippen molar-refractivity contribution in [3.8, 4) is 0 Å². The first-order chi connectivity index (χ1) is 3.93. The first kappa shape index (κ1) is 6.22. The van der Waals surface area contributed by atoms with Gasteiger partial charge < -0.3 is 9.53 Å². The van der Waals surface area contributed by atoms with Gasteiger partial charge in [-0.15, -0.1) is 0 Å². The lowest BCUT2D eigenvalue weighted by Gasteiger charge is -2.22. The molecule has 0 saturated carbocycles. The molecule has 4 heteroatoms. The minimum Gasteiger partial charge on any atom is -0.419 e. The monoisotopic (exact) mass is 131 g/mol. The van der Waals surface area contributed by atoms with Crippen molar-refractivity contribution in [1.82, 2.24) is 4.57 Å². The highest BCUT2D eigenvalue weighted by atomic mass is 28.2. The normalized spacial score (nSPS) is 23.6. The molecule has 1 aliphatic rings. The van der Waals surface area contributed by atoms with Crippen LogP contribution in [0.2, 0.25) is 0 Å². The van der Waals surface area contributed by atoms with Gasteiger partial charge in [-0.3, -0.25) is 4.57 Å². The highest BCUT2D eigenvalue weighted by molar-refractivity contribution is 6.21. The van der Waals surface area contributed by atoms with Crippen molar-refractivity contribution >= 4 is 9.92 Å². The van der Waals surface area contributed by atoms with Gasteiger partial charge in [0.05, 0.1) is 13.2 Å². The Bertz CT molecular complexity index is 65.1. The van der Waals surface area contributed by atoms with Crippen molar-refractivity contribution in [2.75, 3.05) is 26.3 Å². The van der Waals surface area contributed by atoms with E-state index in [4.69, 9.17) is 9.53 Å². The Kier molecular flexibility index (Phi) is 2.48. The van der Waals surface area contributed by atoms with Crippen LogP contribution in [0.15, 0.2) is 0 Å². The summed E-state index contributed by atoms with van der Waals surface area (Å²) in [6.07, 6.45) is 0. The van der Waals surface area contributed by atoms with Crippen LogP contribution in [0.1, 0.15) is 0 Å². The minimum atomic E-state index is -0.0397. The van der Waals surface area contributed by atoms with Crippen LogP contribution in [0.25, 0.3) is 0 Å². The predicted molar refractivity (Wildman–Crippen MR) is 30.4 cm³/mol. The lowest BCUT2D eigenvalue weighted by Crippen LogP contribution is -2.38. The zero-order valence-corrected chi connectivity index (χ0v) is 5.63. The van der Waals surface area contributed by atoms with Gasteiger partial charge in [0.25, 0.3) is 0 Å². The largest absolute Gasteiger partial charge is 0.419 e. The van der Waals surface area contributed by atoms with Crippen molar-refractivity contribution in [2.45, 2.75) is 0 Å². The second-order valence-corrected chi connectivity index (χ2v) is 2.53. The summed E-state index contributed by atoms with van der Waals surface area (Å²) in [6.45, 7) is 3.31. The van der Waals surface area contributed by atoms with Gasteiger partial charge in [-0.05, 0) is 0 Å². The van der Waals surface area contributed by atoms with Crippen LogP contribution >= 0.6 is 0 Å². The molecule has 8 heavy (non-hydrogen) atoms. The molecular weight excluding hydrogens is 122 g/mol. The molecule has 1 N–H and O–H groups in total. The average molecular weight is 131 g/mol. The topological polar surface area (TPSA) is 32.7 Å². The van der Waals surface area contributed by atoms with Crippen molar-refractivity contribution in [3.05, 3.63) is 0 Å². The standard InChI is InChI=1S/C4H9NO2Si/c6-8-5-1-3-7-4-2-5/h6H,1-4H2. The molecule has 0 aromatic rings. The Morgan fingerprint density at radius 3 is 2.38 bits per heavy atom. The summed E-state index contributed by atoms with van der Waals surface area (Å²) in [6, 6.07) is 0. The lowest BCUT2D eigenvalue weighted by molar-refractivity contribution is 0.0682. The molecule has 2 radical (unpaired) electrons. The van der Waals surface area contributed by atoms with Gasteiger partial charge in [0, 0.05) is 13.1 Å². The number of nitrogens with zero attached hydrogens (tertiary/aromatic N) is 1. The van der Waals surface area contributed by atoms with Crippen LogP contribution in [0.3, 0.4) is 0 Å². The molecule has 1 saturated heterocycles. The summed E-state index contributed by atoms with van der Waals surface area (Å²) in [5.74, 6) is 0. The fourth-order valence-corrected chi connectivity index (χ4v) is 1.05. The van der Waals surface area contributed by atoms with Crippen molar-refractivity contribution in [3.63, 3.8) is 0 Å². The Labute approximate surface area is 51.3 Å². The Hall–Kier alpha value is 0.0969. The quantitative estimate of drug-likeness (QED) is 0.456. The molecule has 1 aliphatic heterocycles. The van der Waals surface area contributed by atoms with E-state index in [0.29, 0.717) is 0 Å². The summed E-state index contributed by atoms with van der Waals surface area (Å²) in [5.41, 5.74) is 0. The molecule has 0 spiro atoms. The molecular formula is C4H9NO2Si. The molecule has 0 aromatic heterocycles. The summed E-state index contributed by atoms with van der Waals surface area (Å²) in [4.78, 5) is 8.59. The number of rotatable bonds is 1. The summed E-state index contributed by atoms with van der Waals surface area (Å²) < 4.78 is 7.03. The van der Waals surface area contributed by atoms with Crippen LogP contribution in [-0.4, -0.2) is 45.6 Å². The van der Waals surface area contributed by atoms with E-state index in [9.17, 15) is 0 Å². The highest BCUT2D eigenvalue weighted by Crippen LogP contribution is 1.91. The van der Waals surface area contributed by atoms with Gasteiger partial charge in [-0.1, -0.05) is 0 Å². The van der Waals surface area contributed by atoms with E-state index in [0.717, 1.165) is 26.3 Å². The van der Waals surface area contributed by atoms with Crippen LogP contribution in [0.4, 0.5) is 0 Å². The van der Waals surface area contributed by atoms with Gasteiger partial charge in [0.2, 0.25) is 0 Å². The van der Waals surface area contributed by atoms with Crippen LogP contribution in [0.5, 0.6) is 0 Å². The van der Waals surface area contributed by atoms with Gasteiger partial charge in [-0.2, -0.15) is 0 Å². The summed E-state index contributed by atoms with van der Waals surface area (Å²) in [5, 5.41) is 0. The number of hydrogen-bond acceptors (Lipinski definition) is 3. The molecule has 0 unspecified atom stereocenters. The van der Waals surface area contributed by atoms with E-state index >= 15 is 0 Å². The SMILES string of the molecule is O[Si]N1CCOCC1. The molecule has 46 valence electrons. The number of morpholine rings is 1. The molecule has 0 bridgehead atoms. The maximum atomic E-state index is 8.59. The fraction of sp³-hybridized carbons (Fsp3) is 1.00. The first-order valence-electron chi connectivity index (χ1n) is 2.66. The smallest absolute Gasteiger partial charge is 0.337 e. The number of hydrogen-bond donors (Lipinski definition) is 1. The molecule has 3 nitrogen and oxygen atoms in total.